The fraction of sp³-hybridized carbons (Fsp3) is 0.455. The van der Waals surface area contributed by atoms with E-state index >= 15 is 0 Å². The minimum atomic E-state index is -4.09. The summed E-state index contributed by atoms with van der Waals surface area (Å²) < 4.78 is 61.0. The van der Waals surface area contributed by atoms with Crippen LogP contribution in [0.25, 0.3) is 0 Å². The third-order valence-corrected chi connectivity index (χ3v) is 6.57. The Labute approximate surface area is 118 Å². The number of nitrogens with one attached hydrogen (secondary N) is 1. The standard InChI is InChI=1S/C11H17FN2O4S2/c1-11(2,19(3,15)16)7-14-20(17,18)10-6-8(12)4-5-9(10)13/h4-6,14H,7,13H2,1-3H3. The number of halogens is 1. The van der Waals surface area contributed by atoms with Crippen LogP contribution in [0.15, 0.2) is 23.1 Å². The van der Waals surface area contributed by atoms with Gasteiger partial charge in [0.25, 0.3) is 0 Å². The predicted octanol–water partition coefficient (Wildman–Crippen LogP) is 0.509. The molecule has 0 heterocycles. The zero-order valence-corrected chi connectivity index (χ0v) is 13.0. The summed E-state index contributed by atoms with van der Waals surface area (Å²) in [5.41, 5.74) is 5.38. The van der Waals surface area contributed by atoms with E-state index in [1.807, 2.05) is 0 Å². The van der Waals surface area contributed by atoms with Crippen molar-refractivity contribution in [3.05, 3.63) is 24.0 Å². The number of hydrogen-bond acceptors (Lipinski definition) is 5. The van der Waals surface area contributed by atoms with Crippen LogP contribution < -0.4 is 10.5 Å². The first-order valence-corrected chi connectivity index (χ1v) is 8.98. The minimum absolute atomic E-state index is 0.115. The number of sulfonamides is 1. The van der Waals surface area contributed by atoms with Crippen LogP contribution >= 0.6 is 0 Å². The Bertz CT molecular complexity index is 712. The number of anilines is 1. The molecule has 0 aliphatic rings. The van der Waals surface area contributed by atoms with E-state index in [9.17, 15) is 21.2 Å². The number of hydrogen-bond donors (Lipinski definition) is 2. The van der Waals surface area contributed by atoms with E-state index in [-0.39, 0.29) is 12.2 Å². The van der Waals surface area contributed by atoms with Crippen LogP contribution in [-0.4, -0.2) is 34.4 Å². The lowest BCUT2D eigenvalue weighted by molar-refractivity contribution is 0.536. The van der Waals surface area contributed by atoms with E-state index < -0.39 is 35.3 Å². The molecule has 0 amide bonds. The van der Waals surface area contributed by atoms with Crippen molar-refractivity contribution < 1.29 is 21.2 Å². The zero-order chi connectivity index (χ0) is 15.8. The highest BCUT2D eigenvalue weighted by Crippen LogP contribution is 2.20. The summed E-state index contributed by atoms with van der Waals surface area (Å²) in [7, 11) is -7.54. The van der Waals surface area contributed by atoms with Crippen LogP contribution in [0.1, 0.15) is 13.8 Å². The van der Waals surface area contributed by atoms with Gasteiger partial charge in [-0.3, -0.25) is 0 Å². The molecule has 0 saturated carbocycles. The molecule has 0 unspecified atom stereocenters. The van der Waals surface area contributed by atoms with Gasteiger partial charge in [0.15, 0.2) is 9.84 Å². The molecule has 3 N–H and O–H groups in total. The Hall–Kier alpha value is -1.19. The monoisotopic (exact) mass is 324 g/mol. The van der Waals surface area contributed by atoms with Gasteiger partial charge in [0.1, 0.15) is 10.7 Å². The van der Waals surface area contributed by atoms with Gasteiger partial charge in [-0.25, -0.2) is 25.9 Å². The second kappa shape index (κ2) is 5.30. The quantitative estimate of drug-likeness (QED) is 0.768. The number of nitrogen functional groups attached to an aromatic ring is 1. The molecule has 1 aromatic carbocycles. The van der Waals surface area contributed by atoms with Crippen LogP contribution in [0, 0.1) is 5.82 Å². The molecular weight excluding hydrogens is 307 g/mol. The van der Waals surface area contributed by atoms with E-state index in [0.29, 0.717) is 0 Å². The van der Waals surface area contributed by atoms with Gasteiger partial charge in [-0.05, 0) is 32.0 Å². The zero-order valence-electron chi connectivity index (χ0n) is 11.3. The van der Waals surface area contributed by atoms with E-state index in [2.05, 4.69) is 4.72 Å². The predicted molar refractivity (Wildman–Crippen MR) is 74.9 cm³/mol. The molecule has 1 rings (SSSR count). The number of rotatable bonds is 5. The minimum Gasteiger partial charge on any atom is -0.398 e. The summed E-state index contributed by atoms with van der Waals surface area (Å²) in [6.07, 6.45) is 1.01. The molecule has 1 aromatic rings. The van der Waals surface area contributed by atoms with Crippen molar-refractivity contribution >= 4 is 25.5 Å². The average molecular weight is 324 g/mol. The van der Waals surface area contributed by atoms with Gasteiger partial charge >= 0.3 is 0 Å². The Balaban J connectivity index is 3.06. The second-order valence-electron chi connectivity index (χ2n) is 5.04. The van der Waals surface area contributed by atoms with E-state index in [0.717, 1.165) is 24.5 Å². The summed E-state index contributed by atoms with van der Waals surface area (Å²) >= 11 is 0. The fourth-order valence-corrected chi connectivity index (χ4v) is 3.00. The third-order valence-electron chi connectivity index (χ3n) is 2.96. The van der Waals surface area contributed by atoms with Crippen molar-refractivity contribution in [2.24, 2.45) is 0 Å². The molecule has 0 aromatic heterocycles. The largest absolute Gasteiger partial charge is 0.398 e. The van der Waals surface area contributed by atoms with Gasteiger partial charge in [-0.15, -0.1) is 0 Å². The molecular formula is C11H17FN2O4S2. The lowest BCUT2D eigenvalue weighted by Gasteiger charge is -2.22. The molecule has 0 spiro atoms. The molecule has 0 atom stereocenters. The molecule has 0 fully saturated rings. The summed E-state index contributed by atoms with van der Waals surface area (Å²) in [6.45, 7) is 2.43. The molecule has 20 heavy (non-hydrogen) atoms. The normalized spacial score (nSPS) is 13.4. The highest BCUT2D eigenvalue weighted by molar-refractivity contribution is 7.92. The smallest absolute Gasteiger partial charge is 0.242 e. The van der Waals surface area contributed by atoms with Crippen LogP contribution in [0.5, 0.6) is 0 Å². The Morgan fingerprint density at radius 2 is 1.80 bits per heavy atom. The van der Waals surface area contributed by atoms with Gasteiger partial charge in [0.2, 0.25) is 10.0 Å². The number of nitrogens with two attached hydrogens (primary N) is 1. The van der Waals surface area contributed by atoms with Crippen molar-refractivity contribution in [1.29, 1.82) is 0 Å². The van der Waals surface area contributed by atoms with E-state index in [1.165, 1.54) is 13.8 Å². The maximum absolute atomic E-state index is 13.1. The summed E-state index contributed by atoms with van der Waals surface area (Å²) in [6, 6.07) is 2.95. The Kier molecular flexibility index (Phi) is 4.47. The van der Waals surface area contributed by atoms with Crippen molar-refractivity contribution in [2.45, 2.75) is 23.5 Å². The second-order valence-corrected chi connectivity index (χ2v) is 9.42. The van der Waals surface area contributed by atoms with Crippen molar-refractivity contribution in [3.63, 3.8) is 0 Å². The van der Waals surface area contributed by atoms with Gasteiger partial charge < -0.3 is 5.73 Å². The highest BCUT2D eigenvalue weighted by Gasteiger charge is 2.32. The maximum atomic E-state index is 13.1. The van der Waals surface area contributed by atoms with Gasteiger partial charge in [0.05, 0.1) is 10.4 Å². The van der Waals surface area contributed by atoms with Crippen LogP contribution in [0.2, 0.25) is 0 Å². The molecule has 0 bridgehead atoms. The highest BCUT2D eigenvalue weighted by atomic mass is 32.2. The lowest BCUT2D eigenvalue weighted by atomic mass is 10.2. The summed E-state index contributed by atoms with van der Waals surface area (Å²) in [5, 5.41) is 0. The average Bonchev–Trinajstić information content (AvgIpc) is 2.28. The van der Waals surface area contributed by atoms with Gasteiger partial charge in [-0.1, -0.05) is 0 Å². The van der Waals surface area contributed by atoms with Gasteiger partial charge in [0, 0.05) is 12.8 Å². The molecule has 0 radical (unpaired) electrons. The molecule has 9 heteroatoms. The number of benzene rings is 1. The van der Waals surface area contributed by atoms with Crippen LogP contribution in [-0.2, 0) is 19.9 Å². The van der Waals surface area contributed by atoms with Crippen LogP contribution in [0.3, 0.4) is 0 Å². The first kappa shape index (κ1) is 16.9. The Morgan fingerprint density at radius 1 is 1.25 bits per heavy atom. The van der Waals surface area contributed by atoms with Crippen LogP contribution in [0.4, 0.5) is 10.1 Å². The molecule has 0 saturated heterocycles. The van der Waals surface area contributed by atoms with Crippen molar-refractivity contribution in [3.8, 4) is 0 Å². The lowest BCUT2D eigenvalue weighted by Crippen LogP contribution is -2.43. The summed E-state index contributed by atoms with van der Waals surface area (Å²) in [5.74, 6) is -0.748. The van der Waals surface area contributed by atoms with Gasteiger partial charge in [-0.2, -0.15) is 0 Å². The van der Waals surface area contributed by atoms with Crippen molar-refractivity contribution in [1.82, 2.24) is 4.72 Å². The third kappa shape index (κ3) is 3.68. The SMILES string of the molecule is CC(C)(CNS(=O)(=O)c1cc(F)ccc1N)S(C)(=O)=O. The molecule has 0 aliphatic carbocycles. The maximum Gasteiger partial charge on any atom is 0.242 e. The topological polar surface area (TPSA) is 106 Å². The fourth-order valence-electron chi connectivity index (χ4n) is 1.22. The Morgan fingerprint density at radius 3 is 2.30 bits per heavy atom. The first-order valence-electron chi connectivity index (χ1n) is 5.61. The molecule has 6 nitrogen and oxygen atoms in total. The number of sulfone groups is 1. The van der Waals surface area contributed by atoms with Crippen molar-refractivity contribution in [2.75, 3.05) is 18.5 Å². The van der Waals surface area contributed by atoms with E-state index in [1.54, 1.807) is 0 Å². The first-order chi connectivity index (χ1) is 8.87. The summed E-state index contributed by atoms with van der Waals surface area (Å²) in [4.78, 5) is -0.415. The molecule has 114 valence electrons. The van der Waals surface area contributed by atoms with E-state index in [4.69, 9.17) is 5.73 Å². The molecule has 0 aliphatic heterocycles.